The number of amides is 2. The Bertz CT molecular complexity index is 1390. The minimum Gasteiger partial charge on any atom is -0.493 e. The molecule has 2 N–H and O–H groups in total. The zero-order valence-corrected chi connectivity index (χ0v) is 24.0. The Morgan fingerprint density at radius 2 is 1.50 bits per heavy atom. The summed E-state index contributed by atoms with van der Waals surface area (Å²) >= 11 is 0. The highest BCUT2D eigenvalue weighted by molar-refractivity contribution is 5.99. The molecule has 9 nitrogen and oxygen atoms in total. The summed E-state index contributed by atoms with van der Waals surface area (Å²) in [7, 11) is 1.33. The highest BCUT2D eigenvalue weighted by atomic mass is 19.1. The normalized spacial score (nSPS) is 11.3. The lowest BCUT2D eigenvalue weighted by molar-refractivity contribution is -0.122. The minimum absolute atomic E-state index is 0.00692. The second-order valence-corrected chi connectivity index (χ2v) is 9.63. The van der Waals surface area contributed by atoms with Crippen LogP contribution in [0.2, 0.25) is 0 Å². The highest BCUT2D eigenvalue weighted by Crippen LogP contribution is 2.30. The highest BCUT2D eigenvalue weighted by Gasteiger charge is 2.28. The molecule has 1 heterocycles. The topological polar surface area (TPSA) is 116 Å². The van der Waals surface area contributed by atoms with Gasteiger partial charge in [0.15, 0.2) is 11.4 Å². The molecule has 1 atom stereocenters. The van der Waals surface area contributed by atoms with E-state index in [2.05, 4.69) is 15.6 Å². The summed E-state index contributed by atoms with van der Waals surface area (Å²) in [5.41, 5.74) is 1.83. The summed E-state index contributed by atoms with van der Waals surface area (Å²) in [6, 6.07) is 11.7. The van der Waals surface area contributed by atoms with Gasteiger partial charge in [0.2, 0.25) is 11.7 Å². The summed E-state index contributed by atoms with van der Waals surface area (Å²) < 4.78 is 42.6. The van der Waals surface area contributed by atoms with Crippen molar-refractivity contribution in [2.45, 2.75) is 40.2 Å². The Balaban J connectivity index is 1.95. The van der Waals surface area contributed by atoms with Gasteiger partial charge in [-0.3, -0.25) is 9.59 Å². The Morgan fingerprint density at radius 1 is 0.929 bits per heavy atom. The quantitative estimate of drug-likeness (QED) is 0.282. The molecule has 1 aromatic heterocycles. The number of nitrogens with one attached hydrogen (secondary N) is 2. The Hall–Kier alpha value is -4.80. The summed E-state index contributed by atoms with van der Waals surface area (Å²) in [5, 5.41) is 5.52. The lowest BCUT2D eigenvalue weighted by Crippen LogP contribution is -2.47. The van der Waals surface area contributed by atoms with Crippen molar-refractivity contribution in [3.63, 3.8) is 0 Å². The van der Waals surface area contributed by atoms with E-state index in [1.165, 1.54) is 43.6 Å². The smallest absolute Gasteiger partial charge is 0.493 e. The number of carbonyl (C=O) groups excluding carboxylic acids is 3. The van der Waals surface area contributed by atoms with Crippen molar-refractivity contribution < 1.29 is 37.4 Å². The average Bonchev–Trinajstić information content (AvgIpc) is 2.94. The van der Waals surface area contributed by atoms with Gasteiger partial charge in [0.05, 0.1) is 13.7 Å². The van der Waals surface area contributed by atoms with E-state index < -0.39 is 35.6 Å². The molecule has 0 aliphatic heterocycles. The molecule has 0 fully saturated rings. The first kappa shape index (κ1) is 31.7. The number of allylic oxidation sites excluding steroid dienone is 1. The largest absolute Gasteiger partial charge is 0.514 e. The third-order valence-corrected chi connectivity index (χ3v) is 6.03. The van der Waals surface area contributed by atoms with Gasteiger partial charge in [-0.25, -0.2) is 18.6 Å². The van der Waals surface area contributed by atoms with Crippen LogP contribution in [0.15, 0.2) is 66.5 Å². The van der Waals surface area contributed by atoms with Crippen molar-refractivity contribution in [1.82, 2.24) is 15.6 Å². The van der Waals surface area contributed by atoms with Gasteiger partial charge in [0.25, 0.3) is 5.91 Å². The number of pyridine rings is 1. The van der Waals surface area contributed by atoms with Gasteiger partial charge in [-0.2, -0.15) is 0 Å². The maximum Gasteiger partial charge on any atom is 0.514 e. The molecule has 0 spiro atoms. The fourth-order valence-electron chi connectivity index (χ4n) is 4.18. The van der Waals surface area contributed by atoms with Crippen LogP contribution in [0.25, 0.3) is 5.57 Å². The number of aromatic nitrogens is 1. The van der Waals surface area contributed by atoms with Crippen molar-refractivity contribution in [2.75, 3.05) is 13.7 Å². The number of carbonyl (C=O) groups is 3. The third-order valence-electron chi connectivity index (χ3n) is 6.03. The Kier molecular flexibility index (Phi) is 11.1. The molecule has 222 valence electrons. The number of methoxy groups -OCH3 is 1. The van der Waals surface area contributed by atoms with Crippen molar-refractivity contribution in [3.05, 3.63) is 94.9 Å². The molecule has 0 saturated carbocycles. The minimum atomic E-state index is -1.05. The molecule has 0 radical (unpaired) electrons. The van der Waals surface area contributed by atoms with E-state index in [0.29, 0.717) is 22.4 Å². The van der Waals surface area contributed by atoms with E-state index >= 15 is 0 Å². The summed E-state index contributed by atoms with van der Waals surface area (Å²) in [4.78, 5) is 43.0. The maximum absolute atomic E-state index is 13.7. The Labute approximate surface area is 242 Å². The van der Waals surface area contributed by atoms with Gasteiger partial charge in [-0.1, -0.05) is 38.1 Å². The van der Waals surface area contributed by atoms with Gasteiger partial charge in [-0.15, -0.1) is 0 Å². The number of ether oxygens (including phenoxy) is 3. The van der Waals surface area contributed by atoms with E-state index in [0.717, 1.165) is 0 Å². The first-order valence-electron chi connectivity index (χ1n) is 13.3. The first-order chi connectivity index (χ1) is 20.0. The second-order valence-electron chi connectivity index (χ2n) is 9.63. The molecule has 0 aliphatic rings. The molecule has 11 heteroatoms. The van der Waals surface area contributed by atoms with E-state index in [4.69, 9.17) is 14.2 Å². The summed E-state index contributed by atoms with van der Waals surface area (Å²) in [5.74, 6) is -2.39. The maximum atomic E-state index is 13.7. The van der Waals surface area contributed by atoms with Crippen LogP contribution >= 0.6 is 0 Å². The molecule has 0 aliphatic carbocycles. The number of hydrogen-bond donors (Lipinski definition) is 2. The lowest BCUT2D eigenvalue weighted by atomic mass is 9.95. The summed E-state index contributed by atoms with van der Waals surface area (Å²) in [6.07, 6.45) is 0.503. The third kappa shape index (κ3) is 8.35. The van der Waals surface area contributed by atoms with Crippen LogP contribution in [-0.2, 0) is 9.53 Å². The zero-order valence-electron chi connectivity index (χ0n) is 24.0. The molecule has 42 heavy (non-hydrogen) atoms. The van der Waals surface area contributed by atoms with Crippen molar-refractivity contribution in [1.29, 1.82) is 0 Å². The van der Waals surface area contributed by atoms with Crippen LogP contribution in [0.5, 0.6) is 11.5 Å². The van der Waals surface area contributed by atoms with E-state index in [9.17, 15) is 23.2 Å². The predicted molar refractivity (Wildman–Crippen MR) is 152 cm³/mol. The fourth-order valence-corrected chi connectivity index (χ4v) is 4.18. The van der Waals surface area contributed by atoms with Crippen LogP contribution in [0, 0.1) is 17.6 Å². The first-order valence-corrected chi connectivity index (χ1v) is 13.3. The van der Waals surface area contributed by atoms with Gasteiger partial charge in [-0.05, 0) is 61.6 Å². The molecule has 0 bridgehead atoms. The predicted octanol–water partition coefficient (Wildman–Crippen LogP) is 5.64. The number of hydrogen-bond acceptors (Lipinski definition) is 7. The van der Waals surface area contributed by atoms with Crippen LogP contribution < -0.4 is 20.1 Å². The SMILES string of the molecule is CCOC(=O)Oc1c(OC)ccnc1C(=O)N[C@@H](CC(C)C)C(=O)NC(C)=C(c1ccc(F)cc1)c1ccc(F)cc1. The number of benzene rings is 2. The molecule has 3 rings (SSSR count). The van der Waals surface area contributed by atoms with Crippen molar-refractivity contribution in [2.24, 2.45) is 5.92 Å². The number of rotatable bonds is 11. The van der Waals surface area contributed by atoms with Gasteiger partial charge in [0, 0.05) is 23.5 Å². The molecule has 3 aromatic rings. The molecule has 2 amide bonds. The van der Waals surface area contributed by atoms with Crippen LogP contribution in [0.1, 0.15) is 55.7 Å². The lowest BCUT2D eigenvalue weighted by Gasteiger charge is -2.22. The Morgan fingerprint density at radius 3 is 2.00 bits per heavy atom. The van der Waals surface area contributed by atoms with Gasteiger partial charge >= 0.3 is 6.16 Å². The molecule has 0 saturated heterocycles. The fraction of sp³-hybridized carbons (Fsp3) is 0.290. The summed E-state index contributed by atoms with van der Waals surface area (Å²) in [6.45, 7) is 7.07. The second kappa shape index (κ2) is 14.7. The number of nitrogens with zero attached hydrogens (tertiary/aromatic N) is 1. The average molecular weight is 582 g/mol. The molecule has 0 unspecified atom stereocenters. The zero-order chi connectivity index (χ0) is 30.8. The standard InChI is InChI=1S/C31H33F2N3O6/c1-6-41-31(39)42-28-25(40-5)15-16-34-27(28)30(38)36-24(17-18(2)3)29(37)35-19(4)26(20-7-11-22(32)12-8-20)21-9-13-23(33)14-10-21/h7-16,18,24H,6,17H2,1-5H3,(H,35,37)(H,36,38)/t24-/m0/s1. The number of halogens is 2. The van der Waals surface area contributed by atoms with E-state index in [1.54, 1.807) is 38.1 Å². The van der Waals surface area contributed by atoms with Crippen molar-refractivity contribution >= 4 is 23.5 Å². The van der Waals surface area contributed by atoms with Crippen LogP contribution in [0.3, 0.4) is 0 Å². The van der Waals surface area contributed by atoms with E-state index in [-0.39, 0.29) is 36.1 Å². The van der Waals surface area contributed by atoms with Crippen molar-refractivity contribution in [3.8, 4) is 11.5 Å². The van der Waals surface area contributed by atoms with Gasteiger partial charge < -0.3 is 24.8 Å². The van der Waals surface area contributed by atoms with Crippen LogP contribution in [0.4, 0.5) is 13.6 Å². The molecule has 2 aromatic carbocycles. The van der Waals surface area contributed by atoms with Crippen LogP contribution in [-0.4, -0.2) is 42.7 Å². The molecular formula is C31H33F2N3O6. The van der Waals surface area contributed by atoms with E-state index in [1.807, 2.05) is 13.8 Å². The monoisotopic (exact) mass is 581 g/mol. The molecular weight excluding hydrogens is 548 g/mol. The van der Waals surface area contributed by atoms with Gasteiger partial charge in [0.1, 0.15) is 17.7 Å².